The monoisotopic (exact) mass is 300 g/mol. The number of halogens is 3. The molecule has 1 aliphatic rings. The second-order valence-electron chi connectivity index (χ2n) is 5.06. The Kier molecular flexibility index (Phi) is 4.20. The Morgan fingerprint density at radius 1 is 1.38 bits per heavy atom. The lowest BCUT2D eigenvalue weighted by atomic mass is 9.98. The summed E-state index contributed by atoms with van der Waals surface area (Å²) < 4.78 is 38.4. The van der Waals surface area contributed by atoms with E-state index >= 15 is 0 Å². The summed E-state index contributed by atoms with van der Waals surface area (Å²) in [5.41, 5.74) is -0.558. The summed E-state index contributed by atoms with van der Waals surface area (Å²) in [6.45, 7) is 1.58. The van der Waals surface area contributed by atoms with Crippen LogP contribution < -0.4 is 10.6 Å². The molecule has 1 aromatic rings. The molecule has 1 saturated heterocycles. The van der Waals surface area contributed by atoms with Gasteiger partial charge in [-0.2, -0.15) is 13.2 Å². The molecule has 0 aromatic heterocycles. The van der Waals surface area contributed by atoms with Crippen LogP contribution in [0.5, 0.6) is 0 Å². The maximum absolute atomic E-state index is 12.8. The largest absolute Gasteiger partial charge is 0.416 e. The molecule has 0 aliphatic carbocycles. The second kappa shape index (κ2) is 5.75. The lowest BCUT2D eigenvalue weighted by molar-refractivity contribution is -0.138. The Morgan fingerprint density at radius 3 is 2.67 bits per heavy atom. The van der Waals surface area contributed by atoms with Crippen LogP contribution in [-0.4, -0.2) is 18.4 Å². The third-order valence-electron chi connectivity index (χ3n) is 3.45. The first-order valence-electron chi connectivity index (χ1n) is 6.53. The number of carbonyl (C=O) groups is 2. The van der Waals surface area contributed by atoms with Crippen molar-refractivity contribution >= 4 is 17.5 Å². The first-order valence-corrected chi connectivity index (χ1v) is 6.53. The van der Waals surface area contributed by atoms with Crippen molar-refractivity contribution < 1.29 is 22.8 Å². The predicted molar refractivity (Wildman–Crippen MR) is 70.5 cm³/mol. The van der Waals surface area contributed by atoms with E-state index in [9.17, 15) is 22.8 Å². The number of nitrogens with one attached hydrogen (secondary N) is 2. The Balaban J connectivity index is 2.09. The van der Waals surface area contributed by atoms with Gasteiger partial charge in [-0.05, 0) is 31.0 Å². The number of hydrogen-bond donors (Lipinski definition) is 2. The van der Waals surface area contributed by atoms with Gasteiger partial charge in [0.25, 0.3) is 0 Å². The molecule has 1 fully saturated rings. The normalized spacial score (nSPS) is 19.0. The van der Waals surface area contributed by atoms with Gasteiger partial charge in [-0.15, -0.1) is 0 Å². The van der Waals surface area contributed by atoms with Gasteiger partial charge < -0.3 is 10.6 Å². The van der Waals surface area contributed by atoms with Crippen LogP contribution >= 0.6 is 0 Å². The molecule has 7 heteroatoms. The van der Waals surface area contributed by atoms with E-state index in [2.05, 4.69) is 10.6 Å². The average molecular weight is 300 g/mol. The summed E-state index contributed by atoms with van der Waals surface area (Å²) in [6, 6.07) is 3.68. The van der Waals surface area contributed by atoms with Crippen LogP contribution in [0.2, 0.25) is 0 Å². The van der Waals surface area contributed by atoms with Crippen LogP contribution in [0.3, 0.4) is 0 Å². The van der Waals surface area contributed by atoms with E-state index < -0.39 is 17.7 Å². The molecule has 114 valence electrons. The molecule has 1 heterocycles. The molecule has 2 N–H and O–H groups in total. The summed E-state index contributed by atoms with van der Waals surface area (Å²) in [4.78, 5) is 23.0. The number of carbonyl (C=O) groups excluding carboxylic acids is 2. The number of alkyl halides is 3. The SMILES string of the molecule is Cc1ccc(NC(=O)C2CCC(=O)NC2)cc1C(F)(F)F. The number of piperidine rings is 1. The number of aryl methyl sites for hydroxylation is 1. The zero-order valence-corrected chi connectivity index (χ0v) is 11.4. The zero-order valence-electron chi connectivity index (χ0n) is 11.4. The van der Waals surface area contributed by atoms with Crippen molar-refractivity contribution in [2.45, 2.75) is 25.9 Å². The predicted octanol–water partition coefficient (Wildman–Crippen LogP) is 2.48. The van der Waals surface area contributed by atoms with Crippen molar-refractivity contribution in [2.75, 3.05) is 11.9 Å². The van der Waals surface area contributed by atoms with Gasteiger partial charge >= 0.3 is 6.18 Å². The molecule has 2 rings (SSSR count). The van der Waals surface area contributed by atoms with Crippen LogP contribution in [0.1, 0.15) is 24.0 Å². The fourth-order valence-corrected chi connectivity index (χ4v) is 2.21. The molecule has 1 atom stereocenters. The van der Waals surface area contributed by atoms with Gasteiger partial charge in [0.1, 0.15) is 0 Å². The van der Waals surface area contributed by atoms with E-state index in [1.54, 1.807) is 0 Å². The molecular formula is C14H15F3N2O2. The van der Waals surface area contributed by atoms with Crippen molar-refractivity contribution in [3.8, 4) is 0 Å². The van der Waals surface area contributed by atoms with Gasteiger partial charge in [-0.3, -0.25) is 9.59 Å². The highest BCUT2D eigenvalue weighted by Crippen LogP contribution is 2.33. The van der Waals surface area contributed by atoms with E-state index in [4.69, 9.17) is 0 Å². The van der Waals surface area contributed by atoms with Gasteiger partial charge in [0.05, 0.1) is 11.5 Å². The molecular weight excluding hydrogens is 285 g/mol. The average Bonchev–Trinajstić information content (AvgIpc) is 2.40. The molecule has 1 aromatic carbocycles. The summed E-state index contributed by atoms with van der Waals surface area (Å²) >= 11 is 0. The highest BCUT2D eigenvalue weighted by molar-refractivity contribution is 5.94. The minimum atomic E-state index is -4.45. The van der Waals surface area contributed by atoms with Crippen molar-refractivity contribution in [1.29, 1.82) is 0 Å². The standard InChI is InChI=1S/C14H15F3N2O2/c1-8-2-4-10(6-11(8)14(15,16)17)19-13(21)9-3-5-12(20)18-7-9/h2,4,6,9H,3,5,7H2,1H3,(H,18,20)(H,19,21). The van der Waals surface area contributed by atoms with Gasteiger partial charge in [0, 0.05) is 18.7 Å². The Bertz CT molecular complexity index is 560. The van der Waals surface area contributed by atoms with Crippen LogP contribution in [-0.2, 0) is 15.8 Å². The fourth-order valence-electron chi connectivity index (χ4n) is 2.21. The number of rotatable bonds is 2. The molecule has 21 heavy (non-hydrogen) atoms. The molecule has 0 spiro atoms. The second-order valence-corrected chi connectivity index (χ2v) is 5.06. The summed E-state index contributed by atoms with van der Waals surface area (Å²) in [5, 5.41) is 5.04. The van der Waals surface area contributed by atoms with Gasteiger partial charge in [-0.1, -0.05) is 6.07 Å². The number of anilines is 1. The lowest BCUT2D eigenvalue weighted by Gasteiger charge is -2.22. The van der Waals surface area contributed by atoms with Gasteiger partial charge in [0.15, 0.2) is 0 Å². The van der Waals surface area contributed by atoms with Crippen molar-refractivity contribution in [2.24, 2.45) is 5.92 Å². The van der Waals surface area contributed by atoms with Crippen molar-refractivity contribution in [3.63, 3.8) is 0 Å². The molecule has 4 nitrogen and oxygen atoms in total. The fraction of sp³-hybridized carbons (Fsp3) is 0.429. The Labute approximate surface area is 119 Å². The van der Waals surface area contributed by atoms with Crippen LogP contribution in [0, 0.1) is 12.8 Å². The first kappa shape index (κ1) is 15.3. The molecule has 1 unspecified atom stereocenters. The maximum atomic E-state index is 12.8. The number of benzene rings is 1. The minimum Gasteiger partial charge on any atom is -0.355 e. The molecule has 0 radical (unpaired) electrons. The van der Waals surface area contributed by atoms with E-state index in [0.29, 0.717) is 6.42 Å². The quantitative estimate of drug-likeness (QED) is 0.881. The lowest BCUT2D eigenvalue weighted by Crippen LogP contribution is -2.40. The van der Waals surface area contributed by atoms with Crippen LogP contribution in [0.15, 0.2) is 18.2 Å². The Hall–Kier alpha value is -2.05. The summed E-state index contributed by atoms with van der Waals surface area (Å²) in [5.74, 6) is -0.918. The third-order valence-corrected chi connectivity index (χ3v) is 3.45. The van der Waals surface area contributed by atoms with E-state index in [-0.39, 0.29) is 36.0 Å². The molecule has 2 amide bonds. The van der Waals surface area contributed by atoms with E-state index in [1.165, 1.54) is 19.1 Å². The van der Waals surface area contributed by atoms with Gasteiger partial charge in [-0.25, -0.2) is 0 Å². The third kappa shape index (κ3) is 3.74. The summed E-state index contributed by atoms with van der Waals surface area (Å²) in [7, 11) is 0. The van der Waals surface area contributed by atoms with Crippen LogP contribution in [0.4, 0.5) is 18.9 Å². The highest BCUT2D eigenvalue weighted by Gasteiger charge is 2.33. The van der Waals surface area contributed by atoms with Crippen molar-refractivity contribution in [1.82, 2.24) is 5.32 Å². The minimum absolute atomic E-state index is 0.102. The smallest absolute Gasteiger partial charge is 0.355 e. The maximum Gasteiger partial charge on any atom is 0.416 e. The van der Waals surface area contributed by atoms with Crippen molar-refractivity contribution in [3.05, 3.63) is 29.3 Å². The number of hydrogen-bond acceptors (Lipinski definition) is 2. The number of amides is 2. The van der Waals surface area contributed by atoms with E-state index in [1.807, 2.05) is 0 Å². The highest BCUT2D eigenvalue weighted by atomic mass is 19.4. The summed E-state index contributed by atoms with van der Waals surface area (Å²) in [6.07, 6.45) is -3.81. The Morgan fingerprint density at radius 2 is 2.10 bits per heavy atom. The molecule has 1 aliphatic heterocycles. The topological polar surface area (TPSA) is 58.2 Å². The van der Waals surface area contributed by atoms with E-state index in [0.717, 1.165) is 6.07 Å². The van der Waals surface area contributed by atoms with Gasteiger partial charge in [0.2, 0.25) is 11.8 Å². The molecule has 0 saturated carbocycles. The van der Waals surface area contributed by atoms with Crippen LogP contribution in [0.25, 0.3) is 0 Å². The zero-order chi connectivity index (χ0) is 15.6. The first-order chi connectivity index (χ1) is 9.77. The molecule has 0 bridgehead atoms.